The van der Waals surface area contributed by atoms with Crippen LogP contribution >= 0.6 is 0 Å². The molecule has 20 heavy (non-hydrogen) atoms. The van der Waals surface area contributed by atoms with E-state index >= 15 is 0 Å². The molecular weight excluding hydrogens is 272 g/mol. The van der Waals surface area contributed by atoms with Gasteiger partial charge in [-0.15, -0.1) is 0 Å². The summed E-state index contributed by atoms with van der Waals surface area (Å²) in [4.78, 5) is 0.310. The topological polar surface area (TPSA) is 58.2 Å². The van der Waals surface area contributed by atoms with E-state index in [2.05, 4.69) is 30.8 Å². The van der Waals surface area contributed by atoms with Gasteiger partial charge in [0.25, 0.3) is 0 Å². The first-order chi connectivity index (χ1) is 9.22. The van der Waals surface area contributed by atoms with E-state index in [1.807, 2.05) is 26.0 Å². The van der Waals surface area contributed by atoms with E-state index in [4.69, 9.17) is 0 Å². The first-order valence-electron chi connectivity index (χ1n) is 7.10. The van der Waals surface area contributed by atoms with Crippen LogP contribution < -0.4 is 10.0 Å². The molecule has 4 nitrogen and oxygen atoms in total. The second-order valence-corrected chi connectivity index (χ2v) is 7.63. The summed E-state index contributed by atoms with van der Waals surface area (Å²) in [5, 5.41) is 3.30. The molecule has 0 aliphatic carbocycles. The summed E-state index contributed by atoms with van der Waals surface area (Å²) in [5.41, 5.74) is 0.661. The summed E-state index contributed by atoms with van der Waals surface area (Å²) in [6.07, 6.45) is 0.992. The van der Waals surface area contributed by atoms with Crippen molar-refractivity contribution < 1.29 is 8.42 Å². The zero-order valence-electron chi connectivity index (χ0n) is 13.0. The van der Waals surface area contributed by atoms with E-state index in [1.54, 1.807) is 12.1 Å². The third-order valence-corrected chi connectivity index (χ3v) is 4.51. The Hall–Kier alpha value is -1.07. The molecule has 0 aliphatic heterocycles. The van der Waals surface area contributed by atoms with Gasteiger partial charge in [0.15, 0.2) is 0 Å². The lowest BCUT2D eigenvalue weighted by atomic mass is 10.1. The Labute approximate surface area is 123 Å². The van der Waals surface area contributed by atoms with Crippen LogP contribution in [0.4, 0.5) is 5.69 Å². The summed E-state index contributed by atoms with van der Waals surface area (Å²) in [6, 6.07) is 7.14. The van der Waals surface area contributed by atoms with Gasteiger partial charge in [-0.3, -0.25) is 0 Å². The largest absolute Gasteiger partial charge is 0.381 e. The molecule has 0 saturated heterocycles. The zero-order valence-corrected chi connectivity index (χ0v) is 13.8. The van der Waals surface area contributed by atoms with Crippen LogP contribution in [0.2, 0.25) is 0 Å². The van der Waals surface area contributed by atoms with Crippen molar-refractivity contribution in [2.75, 3.05) is 5.32 Å². The lowest BCUT2D eigenvalue weighted by molar-refractivity contribution is 0.538. The number of sulfonamides is 1. The van der Waals surface area contributed by atoms with Crippen molar-refractivity contribution >= 4 is 15.7 Å². The van der Waals surface area contributed by atoms with Crippen molar-refractivity contribution in [1.29, 1.82) is 0 Å². The van der Waals surface area contributed by atoms with Gasteiger partial charge in [0.05, 0.1) is 5.69 Å². The van der Waals surface area contributed by atoms with Crippen LogP contribution in [0, 0.1) is 5.92 Å². The monoisotopic (exact) mass is 298 g/mol. The third-order valence-electron chi connectivity index (χ3n) is 2.79. The summed E-state index contributed by atoms with van der Waals surface area (Å²) in [6.45, 7) is 10.0. The number of para-hydroxylation sites is 1. The van der Waals surface area contributed by atoms with Gasteiger partial charge in [0, 0.05) is 12.1 Å². The molecule has 1 aromatic rings. The van der Waals surface area contributed by atoms with Crippen LogP contribution in [0.5, 0.6) is 0 Å². The second-order valence-electron chi connectivity index (χ2n) is 5.95. The van der Waals surface area contributed by atoms with Gasteiger partial charge in [-0.05, 0) is 45.2 Å². The Morgan fingerprint density at radius 1 is 1.05 bits per heavy atom. The van der Waals surface area contributed by atoms with Crippen LogP contribution in [-0.4, -0.2) is 20.5 Å². The molecule has 0 fully saturated rings. The molecular formula is C15H26N2O2S. The van der Waals surface area contributed by atoms with Crippen molar-refractivity contribution in [1.82, 2.24) is 4.72 Å². The smallest absolute Gasteiger partial charge is 0.242 e. The van der Waals surface area contributed by atoms with E-state index in [0.29, 0.717) is 16.5 Å². The van der Waals surface area contributed by atoms with Crippen LogP contribution in [-0.2, 0) is 10.0 Å². The van der Waals surface area contributed by atoms with E-state index in [9.17, 15) is 8.42 Å². The fourth-order valence-corrected chi connectivity index (χ4v) is 3.65. The highest BCUT2D eigenvalue weighted by Gasteiger charge is 2.20. The van der Waals surface area contributed by atoms with Gasteiger partial charge in [0.2, 0.25) is 10.0 Å². The number of benzene rings is 1. The molecule has 1 unspecified atom stereocenters. The maximum absolute atomic E-state index is 12.3. The van der Waals surface area contributed by atoms with E-state index in [-0.39, 0.29) is 12.1 Å². The molecule has 0 radical (unpaired) electrons. The fraction of sp³-hybridized carbons (Fsp3) is 0.600. The molecule has 0 heterocycles. The normalized spacial score (nSPS) is 13.8. The molecule has 0 spiro atoms. The maximum atomic E-state index is 12.3. The van der Waals surface area contributed by atoms with Gasteiger partial charge in [0.1, 0.15) is 4.90 Å². The minimum absolute atomic E-state index is 0.124. The lowest BCUT2D eigenvalue weighted by Gasteiger charge is -2.20. The van der Waals surface area contributed by atoms with Crippen molar-refractivity contribution in [3.63, 3.8) is 0 Å². The van der Waals surface area contributed by atoms with Crippen LogP contribution in [0.15, 0.2) is 29.2 Å². The van der Waals surface area contributed by atoms with Crippen LogP contribution in [0.1, 0.15) is 41.0 Å². The average molecular weight is 298 g/mol. The standard InChI is InChI=1S/C15H26N2O2S/c1-11(2)10-13(5)16-14-8-6-7-9-15(14)20(18,19)17-12(3)4/h6-9,11-13,16-17H,10H2,1-5H3. The minimum Gasteiger partial charge on any atom is -0.381 e. The van der Waals surface area contributed by atoms with Crippen molar-refractivity contribution in [3.8, 4) is 0 Å². The minimum atomic E-state index is -3.48. The number of nitrogens with one attached hydrogen (secondary N) is 2. The number of anilines is 1. The average Bonchev–Trinajstić information content (AvgIpc) is 2.26. The second kappa shape index (κ2) is 7.09. The molecule has 114 valence electrons. The van der Waals surface area contributed by atoms with E-state index < -0.39 is 10.0 Å². The SMILES string of the molecule is CC(C)CC(C)Nc1ccccc1S(=O)(=O)NC(C)C. The predicted molar refractivity (Wildman–Crippen MR) is 84.4 cm³/mol. The highest BCUT2D eigenvalue weighted by atomic mass is 32.2. The molecule has 0 bridgehead atoms. The van der Waals surface area contributed by atoms with Gasteiger partial charge >= 0.3 is 0 Å². The van der Waals surface area contributed by atoms with Gasteiger partial charge in [-0.25, -0.2) is 13.1 Å². The van der Waals surface area contributed by atoms with E-state index in [1.165, 1.54) is 0 Å². The van der Waals surface area contributed by atoms with Gasteiger partial charge in [-0.2, -0.15) is 0 Å². The van der Waals surface area contributed by atoms with Crippen molar-refractivity contribution in [2.45, 2.75) is 58.0 Å². The molecule has 0 aliphatic rings. The van der Waals surface area contributed by atoms with E-state index in [0.717, 1.165) is 6.42 Å². The summed E-state index contributed by atoms with van der Waals surface area (Å²) < 4.78 is 27.3. The Bertz CT molecular complexity index is 524. The fourth-order valence-electron chi connectivity index (χ4n) is 2.23. The van der Waals surface area contributed by atoms with Crippen molar-refractivity contribution in [3.05, 3.63) is 24.3 Å². The van der Waals surface area contributed by atoms with Crippen LogP contribution in [0.25, 0.3) is 0 Å². The molecule has 1 atom stereocenters. The molecule has 2 N–H and O–H groups in total. The Balaban J connectivity index is 2.99. The Morgan fingerprint density at radius 3 is 2.20 bits per heavy atom. The highest BCUT2D eigenvalue weighted by Crippen LogP contribution is 2.22. The number of hydrogen-bond donors (Lipinski definition) is 2. The zero-order chi connectivity index (χ0) is 15.3. The first kappa shape index (κ1) is 17.0. The maximum Gasteiger partial charge on any atom is 0.242 e. The predicted octanol–water partition coefficient (Wildman–Crippen LogP) is 3.22. The Morgan fingerprint density at radius 2 is 1.65 bits per heavy atom. The lowest BCUT2D eigenvalue weighted by Crippen LogP contribution is -2.31. The first-order valence-corrected chi connectivity index (χ1v) is 8.58. The third kappa shape index (κ3) is 5.13. The van der Waals surface area contributed by atoms with Crippen LogP contribution in [0.3, 0.4) is 0 Å². The molecule has 1 aromatic carbocycles. The number of rotatable bonds is 7. The van der Waals surface area contributed by atoms with Gasteiger partial charge in [-0.1, -0.05) is 26.0 Å². The molecule has 1 rings (SSSR count). The summed E-state index contributed by atoms with van der Waals surface area (Å²) in [5.74, 6) is 0.565. The molecule has 0 amide bonds. The van der Waals surface area contributed by atoms with Crippen molar-refractivity contribution in [2.24, 2.45) is 5.92 Å². The molecule has 5 heteroatoms. The quantitative estimate of drug-likeness (QED) is 0.812. The molecule has 0 aromatic heterocycles. The number of hydrogen-bond acceptors (Lipinski definition) is 3. The Kier molecular flexibility index (Phi) is 6.02. The highest BCUT2D eigenvalue weighted by molar-refractivity contribution is 7.89. The summed E-state index contributed by atoms with van der Waals surface area (Å²) in [7, 11) is -3.48. The molecule has 0 saturated carbocycles. The summed E-state index contributed by atoms with van der Waals surface area (Å²) >= 11 is 0. The van der Waals surface area contributed by atoms with Gasteiger partial charge < -0.3 is 5.32 Å².